The van der Waals surface area contributed by atoms with E-state index in [-0.39, 0.29) is 88.6 Å². The first-order valence-corrected chi connectivity index (χ1v) is 38.2. The summed E-state index contributed by atoms with van der Waals surface area (Å²) in [5, 5.41) is 11.0. The molecule has 113 heavy (non-hydrogen) atoms. The van der Waals surface area contributed by atoms with Crippen molar-refractivity contribution >= 4 is 88.5 Å². The largest absolute Gasteiger partial charge is 0.493 e. The molecule has 5 aliphatic heterocycles. The molecule has 612 valence electrons. The van der Waals surface area contributed by atoms with Gasteiger partial charge in [-0.15, -0.1) is 0 Å². The molecule has 4 N–H and O–H groups in total. The zero-order valence-corrected chi connectivity index (χ0v) is 65.7. The Balaban J connectivity index is 0.576. The summed E-state index contributed by atoms with van der Waals surface area (Å²) < 4.78 is 73.7. The van der Waals surface area contributed by atoms with Crippen LogP contribution in [0.15, 0.2) is 101 Å². The number of nitrogens with zero attached hydrogens (tertiary/aromatic N) is 6. The number of ether oxygens (including phenoxy) is 13. The quantitative estimate of drug-likeness (QED) is 0.0200. The molecule has 32 nitrogen and oxygen atoms in total. The second-order valence-corrected chi connectivity index (χ2v) is 27.7. The second-order valence-electron chi connectivity index (χ2n) is 27.7. The fraction of sp³-hybridized carbons (Fsp3) is 0.519. The van der Waals surface area contributed by atoms with Crippen molar-refractivity contribution in [2.24, 2.45) is 15.9 Å². The monoisotopic (exact) mass is 1570 g/mol. The molecule has 4 aromatic carbocycles. The highest BCUT2D eigenvalue weighted by molar-refractivity contribution is 6.13. The number of hydrogen-bond acceptors (Lipinski definition) is 24. The van der Waals surface area contributed by atoms with Crippen molar-refractivity contribution in [3.8, 4) is 23.0 Å². The first-order valence-electron chi connectivity index (χ1n) is 38.2. The van der Waals surface area contributed by atoms with E-state index < -0.39 is 53.3 Å². The van der Waals surface area contributed by atoms with Gasteiger partial charge in [0.1, 0.15) is 18.7 Å². The number of allylic oxidation sites excluding steroid dienone is 1. The molecule has 1 fully saturated rings. The van der Waals surface area contributed by atoms with Crippen LogP contribution in [0.5, 0.6) is 23.0 Å². The van der Waals surface area contributed by atoms with Crippen LogP contribution in [-0.4, -0.2) is 264 Å². The third-order valence-corrected chi connectivity index (χ3v) is 19.1. The average Bonchev–Trinajstić information content (AvgIpc) is 1.63. The maximum atomic E-state index is 14.4. The van der Waals surface area contributed by atoms with Crippen LogP contribution in [0.1, 0.15) is 104 Å². The number of methoxy groups -OCH3 is 2. The molecule has 0 bridgehead atoms. The average molecular weight is 1570 g/mol. The van der Waals surface area contributed by atoms with Gasteiger partial charge in [0, 0.05) is 107 Å². The molecule has 4 aromatic rings. The molecular formula is C81H106N10O22. The van der Waals surface area contributed by atoms with Gasteiger partial charge in [0.15, 0.2) is 23.0 Å². The highest BCUT2D eigenvalue weighted by Crippen LogP contribution is 2.43. The van der Waals surface area contributed by atoms with Gasteiger partial charge in [-0.1, -0.05) is 43.7 Å². The Bertz CT molecular complexity index is 4040. The number of imide groups is 1. The summed E-state index contributed by atoms with van der Waals surface area (Å²) in [5.74, 6) is -1.46. The molecule has 0 aromatic heterocycles. The first-order chi connectivity index (χ1) is 54.7. The number of fused-ring (bicyclic) bond motifs is 5. The summed E-state index contributed by atoms with van der Waals surface area (Å²) >= 11 is 0. The third-order valence-electron chi connectivity index (χ3n) is 19.1. The molecule has 5 aliphatic rings. The predicted molar refractivity (Wildman–Crippen MR) is 417 cm³/mol. The Morgan fingerprint density at radius 1 is 0.602 bits per heavy atom. The van der Waals surface area contributed by atoms with E-state index in [1.807, 2.05) is 43.2 Å². The van der Waals surface area contributed by atoms with Crippen molar-refractivity contribution in [1.29, 1.82) is 0 Å². The topological polar surface area (TPSA) is 359 Å². The Labute approximate surface area is 658 Å². The zero-order chi connectivity index (χ0) is 80.7. The van der Waals surface area contributed by atoms with Gasteiger partial charge in [-0.2, -0.15) is 0 Å². The highest BCUT2D eigenvalue weighted by atomic mass is 16.6. The number of amides is 9. The Morgan fingerprint density at radius 3 is 1.73 bits per heavy atom. The lowest BCUT2D eigenvalue weighted by Gasteiger charge is -2.34. The number of aliphatic imine (C=N–C) groups is 2. The van der Waals surface area contributed by atoms with E-state index >= 15 is 0 Å². The van der Waals surface area contributed by atoms with Crippen molar-refractivity contribution < 1.29 is 105 Å². The van der Waals surface area contributed by atoms with Crippen molar-refractivity contribution in [1.82, 2.24) is 30.7 Å². The van der Waals surface area contributed by atoms with Crippen LogP contribution in [0.3, 0.4) is 0 Å². The van der Waals surface area contributed by atoms with Crippen molar-refractivity contribution in [3.05, 3.63) is 118 Å². The minimum absolute atomic E-state index is 0.00334. The van der Waals surface area contributed by atoms with Crippen LogP contribution < -0.4 is 45.1 Å². The smallest absolute Gasteiger partial charge is 0.414 e. The van der Waals surface area contributed by atoms with Gasteiger partial charge in [-0.05, 0) is 99.0 Å². The lowest BCUT2D eigenvalue weighted by Crippen LogP contribution is -2.53. The van der Waals surface area contributed by atoms with Crippen molar-refractivity contribution in [2.75, 3.05) is 170 Å². The summed E-state index contributed by atoms with van der Waals surface area (Å²) in [6.45, 7) is 16.7. The number of carbonyl (C=O) groups is 9. The number of carbonyl (C=O) groups excluding carboxylic acids is 9. The summed E-state index contributed by atoms with van der Waals surface area (Å²) in [6.07, 6.45) is 9.79. The van der Waals surface area contributed by atoms with Crippen LogP contribution in [0, 0.1) is 5.92 Å². The van der Waals surface area contributed by atoms with Gasteiger partial charge in [-0.25, -0.2) is 4.79 Å². The van der Waals surface area contributed by atoms with Gasteiger partial charge in [0.25, 0.3) is 23.6 Å². The normalized spacial score (nSPS) is 16.9. The number of rotatable bonds is 48. The Kier molecular flexibility index (Phi) is 34.0. The maximum Gasteiger partial charge on any atom is 0.414 e. The SMILES string of the molecule is C/C=C1\CN2C(=O)c3cc(OC)c(OCCCOc4cc5c(cc4OC)C(=O)N4Cc6cc(N(C)C(=O)OCc7ccc(NC(=O)[C@H](C)NC(=O)[C@@H](NC(=O)CCOCCOCCOCCOCCOCCOCCOCCOCCCNC(=O)CCN8C(=O)C=CC8=O)C(C)C)cc7)ccc6CC4C=N5)cc3N=C[C@]2(C)C1. The predicted octanol–water partition coefficient (Wildman–Crippen LogP) is 6.80. The number of nitrogens with one attached hydrogen (secondary N) is 4. The fourth-order valence-corrected chi connectivity index (χ4v) is 12.7. The van der Waals surface area contributed by atoms with Gasteiger partial charge in [0.05, 0.1) is 161 Å². The molecule has 1 unspecified atom stereocenters. The molecule has 1 saturated heterocycles. The zero-order valence-electron chi connectivity index (χ0n) is 65.7. The van der Waals surface area contributed by atoms with E-state index in [1.165, 1.54) is 43.8 Å². The van der Waals surface area contributed by atoms with Crippen LogP contribution in [0.4, 0.5) is 27.5 Å². The first kappa shape index (κ1) is 86.8. The lowest BCUT2D eigenvalue weighted by atomic mass is 9.93. The molecular weight excluding hydrogens is 1460 g/mol. The summed E-state index contributed by atoms with van der Waals surface area (Å²) in [7, 11) is 4.64. The van der Waals surface area contributed by atoms with Gasteiger partial charge < -0.3 is 92.6 Å². The highest BCUT2D eigenvalue weighted by Gasteiger charge is 2.44. The van der Waals surface area contributed by atoms with E-state index in [0.717, 1.165) is 22.4 Å². The molecule has 9 rings (SSSR count). The summed E-state index contributed by atoms with van der Waals surface area (Å²) in [5.41, 5.74) is 5.92. The fourth-order valence-electron chi connectivity index (χ4n) is 12.7. The molecule has 9 amide bonds. The van der Waals surface area contributed by atoms with E-state index in [4.69, 9.17) is 71.6 Å². The van der Waals surface area contributed by atoms with Crippen molar-refractivity contribution in [2.45, 2.75) is 110 Å². The molecule has 0 saturated carbocycles. The second kappa shape index (κ2) is 44.3. The summed E-state index contributed by atoms with van der Waals surface area (Å²) in [6, 6.07) is 16.9. The maximum absolute atomic E-state index is 14.4. The molecule has 5 heterocycles. The lowest BCUT2D eigenvalue weighted by molar-refractivity contribution is -0.137. The molecule has 0 aliphatic carbocycles. The van der Waals surface area contributed by atoms with Crippen LogP contribution >= 0.6 is 0 Å². The van der Waals surface area contributed by atoms with E-state index in [1.54, 1.807) is 80.5 Å². The van der Waals surface area contributed by atoms with Crippen LogP contribution in [0.25, 0.3) is 0 Å². The van der Waals surface area contributed by atoms with E-state index in [0.29, 0.717) is 187 Å². The molecule has 0 radical (unpaired) electrons. The van der Waals surface area contributed by atoms with Crippen LogP contribution in [-0.2, 0) is 91.0 Å². The molecule has 4 atom stereocenters. The molecule has 0 spiro atoms. The van der Waals surface area contributed by atoms with E-state index in [9.17, 15) is 43.2 Å². The van der Waals surface area contributed by atoms with Crippen molar-refractivity contribution in [3.63, 3.8) is 0 Å². The Morgan fingerprint density at radius 2 is 1.16 bits per heavy atom. The standard InChI is InChI=1S/C81H106N10O22/c1-9-56-48-81(5)53-84-66-47-70(68(102-8)45-64(66)79(99)91(81)50-56)112-26-11-25-111-69-46-65-63(44-67(69)101-7)78(98)90-51-59-43-61(17-14-58(59)42-62(90)49-83-65)88(6)80(100)113-52-57-12-15-60(16-13-57)86-76(96)55(4)85-77(97)75(54(2)3)87-72(93)21-27-104-29-31-106-33-35-108-37-39-110-41-40-109-38-36-107-34-32-105-30-28-103-24-10-22-82-71(92)20-23-89-73(94)18-19-74(89)95/h9,12-19,43-47,49,53-55,62,75H,10-11,20-42,48,50-52H2,1-8H3,(H,82,92)(H,85,97)(H,86,96)(H,87,93)/b56-9-/t55-,62?,75-,81-/m0/s1. The third kappa shape index (κ3) is 25.7. The van der Waals surface area contributed by atoms with Gasteiger partial charge in [0.2, 0.25) is 23.6 Å². The van der Waals surface area contributed by atoms with Crippen LogP contribution in [0.2, 0.25) is 0 Å². The minimum Gasteiger partial charge on any atom is -0.493 e. The van der Waals surface area contributed by atoms with Gasteiger partial charge in [-0.3, -0.25) is 58.1 Å². The number of hydrogen-bond donors (Lipinski definition) is 4. The molecule has 32 heteroatoms. The Hall–Kier alpha value is -10.2. The van der Waals surface area contributed by atoms with Gasteiger partial charge >= 0.3 is 6.09 Å². The van der Waals surface area contributed by atoms with E-state index in [2.05, 4.69) is 27.3 Å². The number of anilines is 2. The number of benzene rings is 4. The minimum atomic E-state index is -0.963. The summed E-state index contributed by atoms with van der Waals surface area (Å²) in [4.78, 5) is 132.